The lowest BCUT2D eigenvalue weighted by Crippen LogP contribution is -2.36. The molecule has 0 atom stereocenters. The van der Waals surface area contributed by atoms with Crippen LogP contribution >= 0.6 is 0 Å². The number of amides is 1. The van der Waals surface area contributed by atoms with E-state index in [1.807, 2.05) is 13.0 Å². The van der Waals surface area contributed by atoms with Crippen LogP contribution in [0.15, 0.2) is 64.2 Å². The van der Waals surface area contributed by atoms with Gasteiger partial charge in [0.05, 0.1) is 10.8 Å². The van der Waals surface area contributed by atoms with Crippen LogP contribution in [0.4, 0.5) is 5.69 Å². The molecule has 3 rings (SSSR count). The van der Waals surface area contributed by atoms with Gasteiger partial charge < -0.3 is 9.64 Å². The van der Waals surface area contributed by atoms with Crippen LogP contribution in [0.2, 0.25) is 0 Å². The molecule has 0 aliphatic heterocycles. The Balaban J connectivity index is 1.69. The SMILES string of the molecule is CCN(C(=O)COC(=O)Cn1[nH]c(=O)c2ccccc2c1=O)c1ccccc1. The van der Waals surface area contributed by atoms with Crippen molar-refractivity contribution in [2.75, 3.05) is 18.1 Å². The number of H-pyrrole nitrogens is 1. The summed E-state index contributed by atoms with van der Waals surface area (Å²) in [7, 11) is 0. The first-order valence-corrected chi connectivity index (χ1v) is 8.74. The number of esters is 1. The second-order valence-electron chi connectivity index (χ2n) is 6.01. The van der Waals surface area contributed by atoms with Gasteiger partial charge in [-0.2, -0.15) is 0 Å². The third-order valence-electron chi connectivity index (χ3n) is 4.21. The summed E-state index contributed by atoms with van der Waals surface area (Å²) in [5.41, 5.74) is -0.306. The van der Waals surface area contributed by atoms with E-state index in [0.717, 1.165) is 4.68 Å². The summed E-state index contributed by atoms with van der Waals surface area (Å²) in [6.07, 6.45) is 0. The van der Waals surface area contributed by atoms with E-state index in [-0.39, 0.29) is 16.7 Å². The molecule has 1 heterocycles. The number of aromatic nitrogens is 2. The van der Waals surface area contributed by atoms with Crippen LogP contribution in [0.25, 0.3) is 10.8 Å². The maximum absolute atomic E-state index is 12.4. The average molecular weight is 381 g/mol. The summed E-state index contributed by atoms with van der Waals surface area (Å²) in [5.74, 6) is -1.19. The average Bonchev–Trinajstić information content (AvgIpc) is 2.72. The minimum atomic E-state index is -0.800. The Morgan fingerprint density at radius 1 is 1.00 bits per heavy atom. The minimum Gasteiger partial charge on any atom is -0.454 e. The van der Waals surface area contributed by atoms with Crippen molar-refractivity contribution in [3.63, 3.8) is 0 Å². The second-order valence-corrected chi connectivity index (χ2v) is 6.01. The summed E-state index contributed by atoms with van der Waals surface area (Å²) in [5, 5.41) is 2.80. The summed E-state index contributed by atoms with van der Waals surface area (Å²) in [6, 6.07) is 15.3. The Kier molecular flexibility index (Phi) is 5.69. The van der Waals surface area contributed by atoms with Crippen LogP contribution in [-0.4, -0.2) is 34.8 Å². The van der Waals surface area contributed by atoms with Crippen molar-refractivity contribution < 1.29 is 14.3 Å². The van der Waals surface area contributed by atoms with Gasteiger partial charge in [0, 0.05) is 12.2 Å². The van der Waals surface area contributed by atoms with Crippen molar-refractivity contribution >= 4 is 28.3 Å². The molecule has 144 valence electrons. The zero-order valence-corrected chi connectivity index (χ0v) is 15.3. The molecule has 3 aromatic rings. The predicted octanol–water partition coefficient (Wildman–Crippen LogP) is 1.29. The number of nitrogens with one attached hydrogen (secondary N) is 1. The molecule has 28 heavy (non-hydrogen) atoms. The van der Waals surface area contributed by atoms with Gasteiger partial charge >= 0.3 is 5.97 Å². The van der Waals surface area contributed by atoms with Gasteiger partial charge in [0.15, 0.2) is 6.61 Å². The molecule has 8 heteroatoms. The molecule has 0 aliphatic carbocycles. The normalized spacial score (nSPS) is 10.6. The maximum Gasteiger partial charge on any atom is 0.328 e. The van der Waals surface area contributed by atoms with Crippen LogP contribution in [-0.2, 0) is 20.9 Å². The Labute approximate surface area is 159 Å². The summed E-state index contributed by atoms with van der Waals surface area (Å²) in [6.45, 7) is 1.27. The van der Waals surface area contributed by atoms with Gasteiger partial charge in [-0.05, 0) is 31.2 Å². The largest absolute Gasteiger partial charge is 0.454 e. The molecule has 1 N–H and O–H groups in total. The van der Waals surface area contributed by atoms with Crippen molar-refractivity contribution in [2.24, 2.45) is 0 Å². The number of carbonyl (C=O) groups excluding carboxylic acids is 2. The third-order valence-corrected chi connectivity index (χ3v) is 4.21. The number of benzene rings is 2. The van der Waals surface area contributed by atoms with Crippen LogP contribution in [0.3, 0.4) is 0 Å². The zero-order chi connectivity index (χ0) is 20.1. The van der Waals surface area contributed by atoms with E-state index in [9.17, 15) is 19.2 Å². The lowest BCUT2D eigenvalue weighted by Gasteiger charge is -2.20. The van der Waals surface area contributed by atoms with E-state index in [4.69, 9.17) is 4.74 Å². The molecular formula is C20H19N3O5. The Morgan fingerprint density at radius 3 is 2.32 bits per heavy atom. The van der Waals surface area contributed by atoms with E-state index in [1.165, 1.54) is 17.0 Å². The molecule has 0 fully saturated rings. The number of carbonyl (C=O) groups is 2. The Morgan fingerprint density at radius 2 is 1.64 bits per heavy atom. The molecule has 0 saturated carbocycles. The van der Waals surface area contributed by atoms with Crippen LogP contribution in [0.5, 0.6) is 0 Å². The number of rotatable bonds is 6. The highest BCUT2D eigenvalue weighted by molar-refractivity contribution is 5.95. The third kappa shape index (κ3) is 4.01. The van der Waals surface area contributed by atoms with E-state index in [0.29, 0.717) is 12.2 Å². The fraction of sp³-hybridized carbons (Fsp3) is 0.200. The molecule has 0 radical (unpaired) electrons. The molecule has 0 saturated heterocycles. The highest BCUT2D eigenvalue weighted by Gasteiger charge is 2.17. The molecule has 0 unspecified atom stereocenters. The standard InChI is InChI=1S/C20H19N3O5/c1-2-22(14-8-4-3-5-9-14)17(24)13-28-18(25)12-23-20(27)16-11-7-6-10-15(16)19(26)21-23/h3-11H,2,12-13H2,1H3,(H,21,26). The number of hydrogen-bond acceptors (Lipinski definition) is 5. The number of hydrogen-bond donors (Lipinski definition) is 1. The van der Waals surface area contributed by atoms with Crippen molar-refractivity contribution in [1.29, 1.82) is 0 Å². The Bertz CT molecular complexity index is 1120. The number of fused-ring (bicyclic) bond motifs is 1. The van der Waals surface area contributed by atoms with Gasteiger partial charge in [0.25, 0.3) is 17.0 Å². The van der Waals surface area contributed by atoms with Crippen molar-refractivity contribution in [1.82, 2.24) is 9.78 Å². The fourth-order valence-electron chi connectivity index (χ4n) is 2.86. The lowest BCUT2D eigenvalue weighted by molar-refractivity contribution is -0.148. The molecular weight excluding hydrogens is 362 g/mol. The van der Waals surface area contributed by atoms with Gasteiger partial charge in [-0.25, -0.2) is 4.68 Å². The monoisotopic (exact) mass is 381 g/mol. The minimum absolute atomic E-state index is 0.205. The van der Waals surface area contributed by atoms with Crippen LogP contribution in [0, 0.1) is 0 Å². The summed E-state index contributed by atoms with van der Waals surface area (Å²) in [4.78, 5) is 50.4. The first kappa shape index (κ1) is 19.1. The van der Waals surface area contributed by atoms with Crippen LogP contribution in [0.1, 0.15) is 6.92 Å². The Hall–Kier alpha value is -3.68. The number of anilines is 1. The van der Waals surface area contributed by atoms with Gasteiger partial charge in [-0.15, -0.1) is 0 Å². The van der Waals surface area contributed by atoms with E-state index < -0.39 is 30.2 Å². The zero-order valence-electron chi connectivity index (χ0n) is 15.3. The molecule has 0 bridgehead atoms. The molecule has 0 spiro atoms. The maximum atomic E-state index is 12.4. The van der Waals surface area contributed by atoms with E-state index in [1.54, 1.807) is 36.4 Å². The van der Waals surface area contributed by atoms with Gasteiger partial charge in [-0.3, -0.25) is 24.3 Å². The van der Waals surface area contributed by atoms with Gasteiger partial charge in [0.1, 0.15) is 6.54 Å². The number of ether oxygens (including phenoxy) is 1. The lowest BCUT2D eigenvalue weighted by atomic mass is 10.2. The van der Waals surface area contributed by atoms with Crippen molar-refractivity contribution in [2.45, 2.75) is 13.5 Å². The van der Waals surface area contributed by atoms with Crippen molar-refractivity contribution in [3.8, 4) is 0 Å². The number of aromatic amines is 1. The fourth-order valence-corrected chi connectivity index (χ4v) is 2.86. The van der Waals surface area contributed by atoms with Gasteiger partial charge in [-0.1, -0.05) is 30.3 Å². The number of likely N-dealkylation sites (N-methyl/N-ethyl adjacent to an activating group) is 1. The second kappa shape index (κ2) is 8.34. The first-order chi connectivity index (χ1) is 13.5. The number of para-hydroxylation sites is 1. The molecule has 1 aromatic heterocycles. The first-order valence-electron chi connectivity index (χ1n) is 8.74. The predicted molar refractivity (Wildman–Crippen MR) is 104 cm³/mol. The smallest absolute Gasteiger partial charge is 0.328 e. The quantitative estimate of drug-likeness (QED) is 0.648. The van der Waals surface area contributed by atoms with Gasteiger partial charge in [0.2, 0.25) is 0 Å². The van der Waals surface area contributed by atoms with Crippen LogP contribution < -0.4 is 16.0 Å². The summed E-state index contributed by atoms with van der Waals surface area (Å²) < 4.78 is 5.89. The highest BCUT2D eigenvalue weighted by Crippen LogP contribution is 2.13. The van der Waals surface area contributed by atoms with E-state index >= 15 is 0 Å². The number of nitrogens with zero attached hydrogens (tertiary/aromatic N) is 2. The van der Waals surface area contributed by atoms with Crippen molar-refractivity contribution in [3.05, 3.63) is 75.3 Å². The summed E-state index contributed by atoms with van der Waals surface area (Å²) >= 11 is 0. The molecule has 2 aromatic carbocycles. The topological polar surface area (TPSA) is 101 Å². The molecule has 1 amide bonds. The highest BCUT2D eigenvalue weighted by atomic mass is 16.5. The van der Waals surface area contributed by atoms with E-state index in [2.05, 4.69) is 5.10 Å². The molecule has 0 aliphatic rings. The molecule has 8 nitrogen and oxygen atoms in total.